The molecule has 2 aliphatic carbocycles. The first-order valence-electron chi connectivity index (χ1n) is 16.0. The van der Waals surface area contributed by atoms with Crippen LogP contribution in [0.1, 0.15) is 22.8 Å². The van der Waals surface area contributed by atoms with Crippen molar-refractivity contribution in [1.29, 1.82) is 0 Å². The molecule has 0 spiro atoms. The smallest absolute Gasteiger partial charge is 0.305 e. The minimum absolute atomic E-state index is 0.0274. The molecule has 4 aromatic carbocycles. The van der Waals surface area contributed by atoms with E-state index in [0.717, 1.165) is 48.5 Å². The second kappa shape index (κ2) is 11.7. The summed E-state index contributed by atoms with van der Waals surface area (Å²) in [6.07, 6.45) is 0.722. The molecule has 3 amide bonds. The van der Waals surface area contributed by atoms with Gasteiger partial charge >= 0.3 is 4.87 Å². The predicted molar refractivity (Wildman–Crippen MR) is 190 cm³/mol. The molecule has 2 N–H and O–H groups in total. The molecule has 12 heteroatoms. The van der Waals surface area contributed by atoms with Crippen molar-refractivity contribution in [2.75, 3.05) is 16.8 Å². The molecule has 0 radical (unpaired) electrons. The van der Waals surface area contributed by atoms with Crippen molar-refractivity contribution >= 4 is 78.9 Å². The highest BCUT2D eigenvalue weighted by atomic mass is 79.9. The molecule has 8 nitrogen and oxygen atoms in total. The van der Waals surface area contributed by atoms with Gasteiger partial charge in [-0.1, -0.05) is 63.7 Å². The first-order chi connectivity index (χ1) is 23.8. The van der Waals surface area contributed by atoms with E-state index in [1.807, 2.05) is 60.7 Å². The molecule has 4 unspecified atom stereocenters. The van der Waals surface area contributed by atoms with Gasteiger partial charge in [0.2, 0.25) is 11.8 Å². The molecular formula is C37H27BrFN3O5S2. The summed E-state index contributed by atoms with van der Waals surface area (Å²) in [6, 6.07) is 24.7. The summed E-state index contributed by atoms with van der Waals surface area (Å²) in [7, 11) is 0. The lowest BCUT2D eigenvalue weighted by molar-refractivity contribution is -0.123. The van der Waals surface area contributed by atoms with Crippen LogP contribution in [0.2, 0.25) is 0 Å². The Hall–Kier alpha value is -4.26. The number of thiazole rings is 1. The Morgan fingerprint density at radius 3 is 2.53 bits per heavy atom. The molecule has 49 heavy (non-hydrogen) atoms. The molecule has 2 saturated carbocycles. The van der Waals surface area contributed by atoms with Crippen LogP contribution in [-0.4, -0.2) is 34.6 Å². The van der Waals surface area contributed by atoms with Crippen LogP contribution in [0.3, 0.4) is 0 Å². The number of fused-ring (bicyclic) bond motifs is 10. The van der Waals surface area contributed by atoms with E-state index in [4.69, 9.17) is 4.74 Å². The summed E-state index contributed by atoms with van der Waals surface area (Å²) in [4.78, 5) is 58.9. The number of aromatic nitrogens is 1. The largest absolute Gasteiger partial charge is 0.483 e. The third kappa shape index (κ3) is 4.90. The highest BCUT2D eigenvalue weighted by Crippen LogP contribution is 2.69. The number of hydrogen-bond acceptors (Lipinski definition) is 7. The minimum Gasteiger partial charge on any atom is -0.483 e. The van der Waals surface area contributed by atoms with Crippen molar-refractivity contribution in [2.24, 2.45) is 29.6 Å². The van der Waals surface area contributed by atoms with Gasteiger partial charge in [-0.15, -0.1) is 11.8 Å². The van der Waals surface area contributed by atoms with E-state index in [1.165, 1.54) is 29.2 Å². The zero-order valence-electron chi connectivity index (χ0n) is 25.6. The van der Waals surface area contributed by atoms with Gasteiger partial charge in [0, 0.05) is 37.2 Å². The van der Waals surface area contributed by atoms with Crippen LogP contribution in [0.15, 0.2) is 99.2 Å². The van der Waals surface area contributed by atoms with Gasteiger partial charge in [-0.3, -0.25) is 24.1 Å². The van der Waals surface area contributed by atoms with Crippen molar-refractivity contribution in [3.05, 3.63) is 115 Å². The number of nitrogens with one attached hydrogen (secondary N) is 2. The number of H-pyrrole nitrogens is 1. The standard InChI is InChI=1S/C37H27BrFN3O5S2/c38-18-8-13-26(47-16-27(43)40-25-7-3-5-17-4-1-2-6-21(17)25)22(14-18)28-29-23-15-24(32(29)48-34-33(28)49-37(46)41-34)31-30(23)35(44)42(36(31)45)20-11-9-19(39)10-12-20/h1-14,23-24,28-32H,15-16H2,(H,40,43)(H,41,46)/t23-,24-,28-,29?,30?,31?,32?/m1/s1. The van der Waals surface area contributed by atoms with Gasteiger partial charge in [0.25, 0.3) is 5.91 Å². The molecule has 7 atom stereocenters. The number of nitrogens with zero attached hydrogens (tertiary/aromatic N) is 1. The zero-order valence-corrected chi connectivity index (χ0v) is 28.8. The number of hydrogen-bond donors (Lipinski definition) is 2. The fourth-order valence-electron chi connectivity index (χ4n) is 8.77. The summed E-state index contributed by atoms with van der Waals surface area (Å²) < 4.78 is 20.8. The number of halogens is 2. The number of carbonyl (C=O) groups is 3. The molecule has 1 aromatic heterocycles. The number of amides is 3. The molecule has 9 rings (SSSR count). The molecule has 246 valence electrons. The number of ether oxygens (including phenoxy) is 1. The Bertz CT molecular complexity index is 2250. The number of benzene rings is 4. The van der Waals surface area contributed by atoms with E-state index < -0.39 is 17.7 Å². The maximum absolute atomic E-state index is 14.0. The molecule has 3 heterocycles. The van der Waals surface area contributed by atoms with Gasteiger partial charge < -0.3 is 15.0 Å². The number of anilines is 2. The zero-order chi connectivity index (χ0) is 33.6. The molecule has 4 aliphatic rings. The number of carbonyl (C=O) groups excluding carboxylic acids is 3. The lowest BCUT2D eigenvalue weighted by Crippen LogP contribution is -2.42. The van der Waals surface area contributed by atoms with E-state index >= 15 is 0 Å². The fourth-order valence-corrected chi connectivity index (χ4v) is 12.0. The van der Waals surface area contributed by atoms with Crippen molar-refractivity contribution in [2.45, 2.75) is 22.6 Å². The van der Waals surface area contributed by atoms with Crippen LogP contribution in [0.5, 0.6) is 5.75 Å². The monoisotopic (exact) mass is 755 g/mol. The topological polar surface area (TPSA) is 109 Å². The first-order valence-corrected chi connectivity index (χ1v) is 18.5. The normalized spacial score (nSPS) is 26.5. The lowest BCUT2D eigenvalue weighted by atomic mass is 9.68. The number of rotatable bonds is 6. The molecule has 1 saturated heterocycles. The Balaban J connectivity index is 1.05. The SMILES string of the molecule is O=C(COc1ccc(Br)cc1[C@H]1c2sc(=O)[nH]c2SC2C1[C@H]1C[C@@H]2C2C(=O)N(c3ccc(F)cc3)C(=O)C21)Nc1cccc2ccccc12. The summed E-state index contributed by atoms with van der Waals surface area (Å²) in [5, 5.41) is 5.67. The second-order valence-electron chi connectivity index (χ2n) is 13.0. The van der Waals surface area contributed by atoms with Gasteiger partial charge in [-0.25, -0.2) is 4.39 Å². The van der Waals surface area contributed by atoms with E-state index in [2.05, 4.69) is 26.2 Å². The average Bonchev–Trinajstić information content (AvgIpc) is 3.83. The van der Waals surface area contributed by atoms with Crippen LogP contribution < -0.4 is 19.8 Å². The Morgan fingerprint density at radius 1 is 0.959 bits per heavy atom. The predicted octanol–water partition coefficient (Wildman–Crippen LogP) is 7.19. The van der Waals surface area contributed by atoms with Crippen molar-refractivity contribution < 1.29 is 23.5 Å². The van der Waals surface area contributed by atoms with E-state index in [1.54, 1.807) is 11.8 Å². The lowest BCUT2D eigenvalue weighted by Gasteiger charge is -2.43. The Labute approximate surface area is 296 Å². The third-order valence-electron chi connectivity index (χ3n) is 10.5. The average molecular weight is 757 g/mol. The van der Waals surface area contributed by atoms with Crippen LogP contribution in [-0.2, 0) is 14.4 Å². The quantitative estimate of drug-likeness (QED) is 0.178. The second-order valence-corrected chi connectivity index (χ2v) is 16.1. The van der Waals surface area contributed by atoms with Gasteiger partial charge in [-0.2, -0.15) is 0 Å². The van der Waals surface area contributed by atoms with E-state index in [0.29, 0.717) is 17.1 Å². The molecule has 5 aromatic rings. The highest BCUT2D eigenvalue weighted by Gasteiger charge is 2.69. The summed E-state index contributed by atoms with van der Waals surface area (Å²) >= 11 is 6.39. The molecule has 3 fully saturated rings. The van der Waals surface area contributed by atoms with E-state index in [9.17, 15) is 23.6 Å². The van der Waals surface area contributed by atoms with Gasteiger partial charge in [0.15, 0.2) is 6.61 Å². The molecule has 2 aliphatic heterocycles. The van der Waals surface area contributed by atoms with Crippen LogP contribution >= 0.6 is 39.0 Å². The van der Waals surface area contributed by atoms with Crippen LogP contribution in [0.25, 0.3) is 10.8 Å². The fraction of sp³-hybridized carbons (Fsp3) is 0.243. The highest BCUT2D eigenvalue weighted by molar-refractivity contribution is 9.10. The summed E-state index contributed by atoms with van der Waals surface area (Å²) in [5.74, 6) is -2.27. The molecular weight excluding hydrogens is 729 g/mol. The summed E-state index contributed by atoms with van der Waals surface area (Å²) in [6.45, 7) is -0.236. The maximum atomic E-state index is 14.0. The Kier molecular flexibility index (Phi) is 7.33. The van der Waals surface area contributed by atoms with Crippen molar-refractivity contribution in [1.82, 2.24) is 4.98 Å². The van der Waals surface area contributed by atoms with Gasteiger partial charge in [0.05, 0.1) is 22.5 Å². The van der Waals surface area contributed by atoms with Crippen LogP contribution in [0, 0.1) is 35.4 Å². The number of imide groups is 1. The van der Waals surface area contributed by atoms with Crippen LogP contribution in [0.4, 0.5) is 15.8 Å². The van der Waals surface area contributed by atoms with E-state index in [-0.39, 0.29) is 58.1 Å². The van der Waals surface area contributed by atoms with Gasteiger partial charge in [0.1, 0.15) is 11.6 Å². The first kappa shape index (κ1) is 30.8. The Morgan fingerprint density at radius 2 is 1.71 bits per heavy atom. The van der Waals surface area contributed by atoms with Crippen molar-refractivity contribution in [3.63, 3.8) is 0 Å². The molecule has 2 bridgehead atoms. The number of thioether (sulfide) groups is 1. The summed E-state index contributed by atoms with van der Waals surface area (Å²) in [5.41, 5.74) is 1.89. The maximum Gasteiger partial charge on any atom is 0.305 e. The van der Waals surface area contributed by atoms with Gasteiger partial charge in [-0.05, 0) is 78.1 Å². The van der Waals surface area contributed by atoms with Crippen molar-refractivity contribution in [3.8, 4) is 5.75 Å². The number of aromatic amines is 1. The third-order valence-corrected chi connectivity index (χ3v) is 13.6. The minimum atomic E-state index is -0.507.